The lowest BCUT2D eigenvalue weighted by molar-refractivity contribution is 0.245. The van der Waals surface area contributed by atoms with E-state index >= 15 is 0 Å². The van der Waals surface area contributed by atoms with Crippen molar-refractivity contribution in [1.29, 1.82) is 0 Å². The van der Waals surface area contributed by atoms with Gasteiger partial charge in [-0.05, 0) is 25.0 Å². The molecule has 0 bridgehead atoms. The third-order valence-electron chi connectivity index (χ3n) is 2.43. The zero-order chi connectivity index (χ0) is 14.2. The lowest BCUT2D eigenvalue weighted by atomic mass is 10.3. The van der Waals surface area contributed by atoms with E-state index in [0.29, 0.717) is 12.1 Å². The lowest BCUT2D eigenvalue weighted by Crippen LogP contribution is -2.40. The van der Waals surface area contributed by atoms with Crippen LogP contribution in [0.3, 0.4) is 0 Å². The number of urea groups is 1. The third kappa shape index (κ3) is 3.11. The minimum atomic E-state index is -4.62. The second-order valence-corrected chi connectivity index (χ2v) is 5.79. The molecule has 9 heteroatoms. The smallest absolute Gasteiger partial charge is 0.328 e. The monoisotopic (exact) mass is 291 g/mol. The number of hydrogen-bond donors (Lipinski definition) is 3. The van der Waals surface area contributed by atoms with Gasteiger partial charge in [0.2, 0.25) is 0 Å². The van der Waals surface area contributed by atoms with Gasteiger partial charge in [0, 0.05) is 11.7 Å². The quantitative estimate of drug-likeness (QED) is 0.713. The Morgan fingerprint density at radius 3 is 2.26 bits per heavy atom. The molecule has 0 heterocycles. The summed E-state index contributed by atoms with van der Waals surface area (Å²) in [5.41, 5.74) is 4.92. The fraction of sp³-hybridized carbons (Fsp3) is 0.300. The highest BCUT2D eigenvalue weighted by Gasteiger charge is 2.29. The fourth-order valence-electron chi connectivity index (χ4n) is 1.45. The van der Waals surface area contributed by atoms with E-state index in [2.05, 4.69) is 5.32 Å². The van der Waals surface area contributed by atoms with E-state index in [-0.39, 0.29) is 11.7 Å². The highest BCUT2D eigenvalue weighted by atomic mass is 32.2. The van der Waals surface area contributed by atoms with Crippen LogP contribution in [0, 0.1) is 11.6 Å². The molecule has 1 saturated carbocycles. The first kappa shape index (κ1) is 13.5. The second-order valence-electron chi connectivity index (χ2n) is 4.17. The molecular weight excluding hydrogens is 280 g/mol. The molecule has 0 saturated heterocycles. The Hall–Kier alpha value is -1.90. The highest BCUT2D eigenvalue weighted by Crippen LogP contribution is 2.22. The van der Waals surface area contributed by atoms with Crippen molar-refractivity contribution in [2.45, 2.75) is 23.8 Å². The minimum Gasteiger partial charge on any atom is -0.399 e. The Bertz CT molecular complexity index is 606. The number of halogens is 2. The van der Waals surface area contributed by atoms with Crippen LogP contribution in [0.2, 0.25) is 0 Å². The van der Waals surface area contributed by atoms with E-state index in [1.807, 2.05) is 0 Å². The molecular formula is C10H11F2N3O3S. The fourth-order valence-corrected chi connectivity index (χ4v) is 2.49. The van der Waals surface area contributed by atoms with Crippen LogP contribution in [-0.2, 0) is 10.0 Å². The van der Waals surface area contributed by atoms with Crippen LogP contribution in [0.4, 0.5) is 19.3 Å². The van der Waals surface area contributed by atoms with Gasteiger partial charge in [-0.1, -0.05) is 0 Å². The first-order valence-electron chi connectivity index (χ1n) is 5.37. The lowest BCUT2D eigenvalue weighted by Gasteiger charge is -2.09. The highest BCUT2D eigenvalue weighted by molar-refractivity contribution is 7.90. The van der Waals surface area contributed by atoms with Gasteiger partial charge in [0.25, 0.3) is 10.0 Å². The summed E-state index contributed by atoms with van der Waals surface area (Å²) >= 11 is 0. The van der Waals surface area contributed by atoms with Crippen LogP contribution in [0.25, 0.3) is 0 Å². The molecule has 104 valence electrons. The number of nitrogens with two attached hydrogens (primary N) is 1. The van der Waals surface area contributed by atoms with Crippen LogP contribution in [0.15, 0.2) is 17.0 Å². The largest absolute Gasteiger partial charge is 0.399 e. The van der Waals surface area contributed by atoms with E-state index in [1.54, 1.807) is 4.72 Å². The zero-order valence-corrected chi connectivity index (χ0v) is 10.4. The number of amides is 2. The van der Waals surface area contributed by atoms with Crippen LogP contribution in [-0.4, -0.2) is 20.5 Å². The van der Waals surface area contributed by atoms with Crippen molar-refractivity contribution in [1.82, 2.24) is 10.0 Å². The summed E-state index contributed by atoms with van der Waals surface area (Å²) in [5, 5.41) is 2.33. The Labute approximate surface area is 108 Å². The van der Waals surface area contributed by atoms with Gasteiger partial charge in [-0.25, -0.2) is 26.7 Å². The van der Waals surface area contributed by atoms with Gasteiger partial charge in [-0.2, -0.15) is 0 Å². The van der Waals surface area contributed by atoms with Crippen molar-refractivity contribution in [3.63, 3.8) is 0 Å². The summed E-state index contributed by atoms with van der Waals surface area (Å²) < 4.78 is 51.9. The predicted molar refractivity (Wildman–Crippen MR) is 62.6 cm³/mol. The van der Waals surface area contributed by atoms with Crippen molar-refractivity contribution in [2.24, 2.45) is 0 Å². The average Bonchev–Trinajstić information content (AvgIpc) is 2.97. The number of nitrogen functional groups attached to an aromatic ring is 1. The summed E-state index contributed by atoms with van der Waals surface area (Å²) in [4.78, 5) is 10.1. The molecule has 6 nitrogen and oxygen atoms in total. The summed E-state index contributed by atoms with van der Waals surface area (Å²) in [6.45, 7) is 0. The molecule has 1 aliphatic carbocycles. The maximum atomic E-state index is 13.5. The van der Waals surface area contributed by atoms with Gasteiger partial charge in [-0.15, -0.1) is 0 Å². The topological polar surface area (TPSA) is 101 Å². The molecule has 4 N–H and O–H groups in total. The zero-order valence-electron chi connectivity index (χ0n) is 9.61. The van der Waals surface area contributed by atoms with Gasteiger partial charge >= 0.3 is 6.03 Å². The van der Waals surface area contributed by atoms with Crippen molar-refractivity contribution < 1.29 is 22.0 Å². The van der Waals surface area contributed by atoms with Gasteiger partial charge in [0.1, 0.15) is 11.6 Å². The maximum Gasteiger partial charge on any atom is 0.328 e. The molecule has 1 aromatic carbocycles. The Morgan fingerprint density at radius 1 is 1.26 bits per heavy atom. The van der Waals surface area contributed by atoms with E-state index < -0.39 is 32.6 Å². The number of nitrogens with one attached hydrogen (secondary N) is 2. The maximum absolute atomic E-state index is 13.5. The van der Waals surface area contributed by atoms with Crippen molar-refractivity contribution in [3.8, 4) is 0 Å². The number of hydrogen-bond acceptors (Lipinski definition) is 4. The standard InChI is InChI=1S/C10H11F2N3O3S/c11-7-3-5(13)4-8(12)9(7)19(17,18)15-10(16)14-6-1-2-6/h3-4,6H,1-2,13H2,(H2,14,15,16). The van der Waals surface area contributed by atoms with Gasteiger partial charge in [0.05, 0.1) is 0 Å². The number of rotatable bonds is 3. The molecule has 1 aromatic rings. The van der Waals surface area contributed by atoms with Crippen molar-refractivity contribution in [2.75, 3.05) is 5.73 Å². The van der Waals surface area contributed by atoms with E-state index in [4.69, 9.17) is 5.73 Å². The summed E-state index contributed by atoms with van der Waals surface area (Å²) in [7, 11) is -4.62. The molecule has 0 unspecified atom stereocenters. The first-order valence-corrected chi connectivity index (χ1v) is 6.86. The minimum absolute atomic E-state index is 0.0867. The van der Waals surface area contributed by atoms with Crippen LogP contribution in [0.1, 0.15) is 12.8 Å². The third-order valence-corrected chi connectivity index (χ3v) is 3.81. The molecule has 0 spiro atoms. The Morgan fingerprint density at radius 2 is 1.79 bits per heavy atom. The second kappa shape index (κ2) is 4.65. The molecule has 2 amide bonds. The molecule has 19 heavy (non-hydrogen) atoms. The van der Waals surface area contributed by atoms with Gasteiger partial charge < -0.3 is 11.1 Å². The molecule has 0 radical (unpaired) electrons. The van der Waals surface area contributed by atoms with E-state index in [9.17, 15) is 22.0 Å². The number of sulfonamides is 1. The predicted octanol–water partition coefficient (Wildman–Crippen LogP) is 0.697. The Kier molecular flexibility index (Phi) is 3.31. The van der Waals surface area contributed by atoms with Crippen LogP contribution in [0.5, 0.6) is 0 Å². The SMILES string of the molecule is Nc1cc(F)c(S(=O)(=O)NC(=O)NC2CC2)c(F)c1. The van der Waals surface area contributed by atoms with E-state index in [0.717, 1.165) is 12.8 Å². The first-order chi connectivity index (χ1) is 8.79. The Balaban J connectivity index is 2.26. The summed E-state index contributed by atoms with van der Waals surface area (Å²) in [6.07, 6.45) is 1.50. The van der Waals surface area contributed by atoms with Crippen molar-refractivity contribution >= 4 is 21.7 Å². The normalized spacial score (nSPS) is 15.1. The van der Waals surface area contributed by atoms with Crippen molar-refractivity contribution in [3.05, 3.63) is 23.8 Å². The number of anilines is 1. The molecule has 0 atom stereocenters. The molecule has 1 aliphatic rings. The molecule has 2 rings (SSSR count). The van der Waals surface area contributed by atoms with Crippen LogP contribution < -0.4 is 15.8 Å². The molecule has 0 aliphatic heterocycles. The number of carbonyl (C=O) groups is 1. The number of carbonyl (C=O) groups excluding carboxylic acids is 1. The molecule has 0 aromatic heterocycles. The molecule has 1 fully saturated rings. The van der Waals surface area contributed by atoms with Gasteiger partial charge in [-0.3, -0.25) is 0 Å². The summed E-state index contributed by atoms with van der Waals surface area (Å²) in [6, 6.07) is 0.224. The summed E-state index contributed by atoms with van der Waals surface area (Å²) in [5.74, 6) is -2.71. The van der Waals surface area contributed by atoms with Crippen LogP contribution >= 0.6 is 0 Å². The van der Waals surface area contributed by atoms with E-state index in [1.165, 1.54) is 0 Å². The average molecular weight is 291 g/mol. The van der Waals surface area contributed by atoms with Gasteiger partial charge in [0.15, 0.2) is 4.90 Å². The number of benzene rings is 1.